The minimum atomic E-state index is -4.18. The zero-order valence-electron chi connectivity index (χ0n) is 23.9. The Morgan fingerprint density at radius 3 is 2.29 bits per heavy atom. The molecule has 0 aliphatic heterocycles. The fourth-order valence-electron chi connectivity index (χ4n) is 5.36. The van der Waals surface area contributed by atoms with Crippen molar-refractivity contribution in [3.63, 3.8) is 0 Å². The topological polar surface area (TPSA) is 86.8 Å². The van der Waals surface area contributed by atoms with Gasteiger partial charge in [-0.25, -0.2) is 8.42 Å². The predicted molar refractivity (Wildman–Crippen MR) is 168 cm³/mol. The maximum absolute atomic E-state index is 14.3. The molecule has 3 aromatic carbocycles. The monoisotopic (exact) mass is 629 g/mol. The molecule has 3 aromatic rings. The molecule has 0 unspecified atom stereocenters. The molecule has 1 aliphatic rings. The van der Waals surface area contributed by atoms with E-state index in [0.717, 1.165) is 36.4 Å². The van der Waals surface area contributed by atoms with Crippen LogP contribution in [0.4, 0.5) is 5.69 Å². The van der Waals surface area contributed by atoms with Crippen molar-refractivity contribution < 1.29 is 18.0 Å². The third kappa shape index (κ3) is 7.65. The first-order valence-electron chi connectivity index (χ1n) is 14.3. The molecular formula is C32H37Cl2N3O4S. The smallest absolute Gasteiger partial charge is 0.264 e. The summed E-state index contributed by atoms with van der Waals surface area (Å²) in [5, 5.41) is 3.94. The summed E-state index contributed by atoms with van der Waals surface area (Å²) in [7, 11) is -4.18. The lowest BCUT2D eigenvalue weighted by atomic mass is 9.95. The van der Waals surface area contributed by atoms with E-state index in [9.17, 15) is 18.0 Å². The summed E-state index contributed by atoms with van der Waals surface area (Å²) < 4.78 is 29.1. The van der Waals surface area contributed by atoms with Gasteiger partial charge >= 0.3 is 0 Å². The van der Waals surface area contributed by atoms with Gasteiger partial charge in [-0.3, -0.25) is 13.9 Å². The average Bonchev–Trinajstić information content (AvgIpc) is 2.99. The Bertz CT molecular complexity index is 1490. The molecule has 4 rings (SSSR count). The minimum absolute atomic E-state index is 0.0388. The van der Waals surface area contributed by atoms with Crippen molar-refractivity contribution >= 4 is 50.7 Å². The molecule has 1 N–H and O–H groups in total. The lowest BCUT2D eigenvalue weighted by molar-refractivity contribution is -0.140. The number of hydrogen-bond donors (Lipinski definition) is 1. The summed E-state index contributed by atoms with van der Waals surface area (Å²) in [6, 6.07) is 19.2. The van der Waals surface area contributed by atoms with Crippen LogP contribution in [0.1, 0.15) is 56.6 Å². The normalized spacial score (nSPS) is 14.7. The van der Waals surface area contributed by atoms with Gasteiger partial charge in [-0.15, -0.1) is 0 Å². The van der Waals surface area contributed by atoms with Crippen molar-refractivity contribution in [3.8, 4) is 0 Å². The molecule has 1 saturated carbocycles. The van der Waals surface area contributed by atoms with Crippen LogP contribution in [-0.4, -0.2) is 43.8 Å². The SMILES string of the molecule is CC[C@H](C(=O)NC1CCCCC1)N(Cc1ccccc1Cl)C(=O)CN(c1cc(Cl)ccc1C)S(=O)(=O)c1ccccc1. The van der Waals surface area contributed by atoms with Gasteiger partial charge in [0.2, 0.25) is 11.8 Å². The summed E-state index contributed by atoms with van der Waals surface area (Å²) in [6.45, 7) is 3.12. The minimum Gasteiger partial charge on any atom is -0.352 e. The van der Waals surface area contributed by atoms with Gasteiger partial charge in [0.05, 0.1) is 10.6 Å². The first-order chi connectivity index (χ1) is 20.1. The number of benzene rings is 3. The van der Waals surface area contributed by atoms with Crippen LogP contribution in [0.5, 0.6) is 0 Å². The summed E-state index contributed by atoms with van der Waals surface area (Å²) in [6.07, 6.45) is 5.39. The number of hydrogen-bond acceptors (Lipinski definition) is 4. The first kappa shape index (κ1) is 31.9. The highest BCUT2D eigenvalue weighted by Gasteiger charge is 2.35. The van der Waals surface area contributed by atoms with Crippen LogP contribution in [0.3, 0.4) is 0 Å². The molecule has 0 spiro atoms. The molecule has 0 bridgehead atoms. The van der Waals surface area contributed by atoms with Crippen molar-refractivity contribution in [1.82, 2.24) is 10.2 Å². The van der Waals surface area contributed by atoms with Gasteiger partial charge < -0.3 is 10.2 Å². The van der Waals surface area contributed by atoms with Crippen LogP contribution in [0, 0.1) is 6.92 Å². The predicted octanol–water partition coefficient (Wildman–Crippen LogP) is 6.75. The van der Waals surface area contributed by atoms with Crippen LogP contribution in [0.25, 0.3) is 0 Å². The number of carbonyl (C=O) groups is 2. The number of nitrogens with zero attached hydrogens (tertiary/aromatic N) is 2. The number of halogens is 2. The Morgan fingerprint density at radius 1 is 0.952 bits per heavy atom. The summed E-state index contributed by atoms with van der Waals surface area (Å²) in [5.41, 5.74) is 1.58. The van der Waals surface area contributed by atoms with Gasteiger partial charge in [-0.2, -0.15) is 0 Å². The van der Waals surface area contributed by atoms with E-state index in [2.05, 4.69) is 5.32 Å². The average molecular weight is 631 g/mol. The van der Waals surface area contributed by atoms with Crippen LogP contribution < -0.4 is 9.62 Å². The number of anilines is 1. The van der Waals surface area contributed by atoms with Gasteiger partial charge in [0.25, 0.3) is 10.0 Å². The van der Waals surface area contributed by atoms with Crippen molar-refractivity contribution in [1.29, 1.82) is 0 Å². The highest BCUT2D eigenvalue weighted by molar-refractivity contribution is 7.92. The molecule has 0 saturated heterocycles. The van der Waals surface area contributed by atoms with Crippen molar-refractivity contribution in [2.75, 3.05) is 10.8 Å². The van der Waals surface area contributed by atoms with E-state index < -0.39 is 28.5 Å². The molecule has 1 fully saturated rings. The second-order valence-corrected chi connectivity index (χ2v) is 13.3. The third-order valence-corrected chi connectivity index (χ3v) is 10.1. The van der Waals surface area contributed by atoms with E-state index in [1.165, 1.54) is 23.1 Å². The molecule has 0 aromatic heterocycles. The van der Waals surface area contributed by atoms with Gasteiger partial charge in [-0.1, -0.05) is 91.9 Å². The van der Waals surface area contributed by atoms with Crippen LogP contribution in [0.2, 0.25) is 10.0 Å². The number of amides is 2. The zero-order chi connectivity index (χ0) is 30.3. The van der Waals surface area contributed by atoms with Crippen molar-refractivity contribution in [2.45, 2.75) is 75.9 Å². The Balaban J connectivity index is 1.74. The quantitative estimate of drug-likeness (QED) is 0.254. The highest BCUT2D eigenvalue weighted by Crippen LogP contribution is 2.30. The van der Waals surface area contributed by atoms with E-state index in [4.69, 9.17) is 23.2 Å². The number of rotatable bonds is 11. The second kappa shape index (κ2) is 14.4. The van der Waals surface area contributed by atoms with Crippen molar-refractivity contribution in [2.24, 2.45) is 0 Å². The molecule has 7 nitrogen and oxygen atoms in total. The van der Waals surface area contributed by atoms with Gasteiger partial charge in [0.15, 0.2) is 0 Å². The van der Waals surface area contributed by atoms with E-state index in [-0.39, 0.29) is 29.1 Å². The van der Waals surface area contributed by atoms with E-state index in [1.807, 2.05) is 13.0 Å². The van der Waals surface area contributed by atoms with Gasteiger partial charge in [0, 0.05) is 22.6 Å². The fourth-order valence-corrected chi connectivity index (χ4v) is 7.21. The molecule has 0 heterocycles. The summed E-state index contributed by atoms with van der Waals surface area (Å²) in [4.78, 5) is 29.4. The number of aryl methyl sites for hydroxylation is 1. The molecule has 1 atom stereocenters. The first-order valence-corrected chi connectivity index (χ1v) is 16.5. The van der Waals surface area contributed by atoms with E-state index in [0.29, 0.717) is 27.6 Å². The Morgan fingerprint density at radius 2 is 1.62 bits per heavy atom. The third-order valence-electron chi connectivity index (χ3n) is 7.69. The molecule has 224 valence electrons. The molecule has 2 amide bonds. The number of sulfonamides is 1. The molecule has 42 heavy (non-hydrogen) atoms. The maximum atomic E-state index is 14.3. The molecular weight excluding hydrogens is 593 g/mol. The zero-order valence-corrected chi connectivity index (χ0v) is 26.3. The number of carbonyl (C=O) groups excluding carboxylic acids is 2. The van der Waals surface area contributed by atoms with Crippen molar-refractivity contribution in [3.05, 3.63) is 94.0 Å². The lowest BCUT2D eigenvalue weighted by Crippen LogP contribution is -2.54. The Kier molecular flexibility index (Phi) is 10.9. The summed E-state index contributed by atoms with van der Waals surface area (Å²) in [5.74, 6) is -0.777. The largest absolute Gasteiger partial charge is 0.352 e. The molecule has 0 radical (unpaired) electrons. The Labute approximate surface area is 258 Å². The second-order valence-electron chi connectivity index (χ2n) is 10.6. The van der Waals surface area contributed by atoms with E-state index in [1.54, 1.807) is 55.5 Å². The standard InChI is InChI=1S/C32H37Cl2N3O4S/c1-3-29(32(39)35-26-13-6-4-7-14-26)36(21-24-12-10-11-17-28(24)34)31(38)22-37(30-20-25(33)19-18-23(30)2)42(40,41)27-15-8-5-9-16-27/h5,8-12,15-20,26,29H,3-4,6-7,13-14,21-22H2,1-2H3,(H,35,39)/t29-/m1/s1. The van der Waals surface area contributed by atoms with Gasteiger partial charge in [-0.05, 0) is 67.6 Å². The Hall–Kier alpha value is -3.07. The summed E-state index contributed by atoms with van der Waals surface area (Å²) >= 11 is 12.8. The highest BCUT2D eigenvalue weighted by atomic mass is 35.5. The lowest BCUT2D eigenvalue weighted by Gasteiger charge is -2.35. The molecule has 10 heteroatoms. The van der Waals surface area contributed by atoms with E-state index >= 15 is 0 Å². The molecule has 1 aliphatic carbocycles. The maximum Gasteiger partial charge on any atom is 0.264 e. The van der Waals surface area contributed by atoms with Crippen LogP contribution in [-0.2, 0) is 26.2 Å². The van der Waals surface area contributed by atoms with Crippen LogP contribution in [0.15, 0.2) is 77.7 Å². The van der Waals surface area contributed by atoms with Crippen LogP contribution >= 0.6 is 23.2 Å². The van der Waals surface area contributed by atoms with Gasteiger partial charge in [0.1, 0.15) is 12.6 Å². The fraction of sp³-hybridized carbons (Fsp3) is 0.375. The number of nitrogens with one attached hydrogen (secondary N) is 1.